The van der Waals surface area contributed by atoms with E-state index in [0.29, 0.717) is 0 Å². The molecular weight excluding hydrogens is 218 g/mol. The van der Waals surface area contributed by atoms with Gasteiger partial charge >= 0.3 is 5.97 Å². The lowest BCUT2D eigenvalue weighted by atomic mass is 9.99. The first kappa shape index (κ1) is 12.1. The quantitative estimate of drug-likeness (QED) is 0.856. The molecule has 0 amide bonds. The largest absolute Gasteiger partial charge is 0.481 e. The monoisotopic (exact) mass is 237 g/mol. The highest BCUT2D eigenvalue weighted by atomic mass is 16.4. The Balaban J connectivity index is 2.01. The summed E-state index contributed by atoms with van der Waals surface area (Å²) in [6.45, 7) is 1.79. The van der Waals surface area contributed by atoms with Crippen molar-refractivity contribution >= 4 is 5.97 Å². The molecule has 0 spiro atoms. The van der Waals surface area contributed by atoms with Crippen molar-refractivity contribution in [2.75, 3.05) is 6.54 Å². The van der Waals surface area contributed by atoms with Crippen molar-refractivity contribution in [2.24, 2.45) is 7.05 Å². The zero-order valence-corrected chi connectivity index (χ0v) is 10.2. The number of likely N-dealkylation sites (tertiary alicyclic amines) is 1. The normalized spacial score (nSPS) is 21.6. The molecule has 0 saturated carbocycles. The zero-order chi connectivity index (χ0) is 12.3. The first-order valence-electron chi connectivity index (χ1n) is 6.08. The summed E-state index contributed by atoms with van der Waals surface area (Å²) in [7, 11) is 1.97. The molecule has 1 unspecified atom stereocenters. The van der Waals surface area contributed by atoms with E-state index in [0.717, 1.165) is 38.0 Å². The lowest BCUT2D eigenvalue weighted by molar-refractivity contribution is -0.138. The van der Waals surface area contributed by atoms with Crippen LogP contribution in [0, 0.1) is 0 Å². The molecule has 1 aliphatic heterocycles. The molecule has 5 nitrogen and oxygen atoms in total. The van der Waals surface area contributed by atoms with Gasteiger partial charge in [0.15, 0.2) is 0 Å². The van der Waals surface area contributed by atoms with Crippen molar-refractivity contribution in [3.63, 3.8) is 0 Å². The summed E-state index contributed by atoms with van der Waals surface area (Å²) in [4.78, 5) is 17.2. The maximum Gasteiger partial charge on any atom is 0.304 e. The summed E-state index contributed by atoms with van der Waals surface area (Å²) in [5.74, 6) is -0.702. The summed E-state index contributed by atoms with van der Waals surface area (Å²) in [5, 5.41) is 8.92. The van der Waals surface area contributed by atoms with Gasteiger partial charge in [0, 0.05) is 25.8 Å². The van der Waals surface area contributed by atoms with Gasteiger partial charge in [0.05, 0.1) is 18.4 Å². The number of carboxylic acids is 1. The van der Waals surface area contributed by atoms with Crippen LogP contribution in [0.2, 0.25) is 0 Å². The summed E-state index contributed by atoms with van der Waals surface area (Å²) >= 11 is 0. The van der Waals surface area contributed by atoms with Gasteiger partial charge in [-0.15, -0.1) is 0 Å². The van der Waals surface area contributed by atoms with Gasteiger partial charge in [-0.2, -0.15) is 0 Å². The van der Waals surface area contributed by atoms with Gasteiger partial charge in [0.25, 0.3) is 0 Å². The summed E-state index contributed by atoms with van der Waals surface area (Å²) < 4.78 is 1.99. The highest BCUT2D eigenvalue weighted by molar-refractivity contribution is 5.67. The van der Waals surface area contributed by atoms with Crippen molar-refractivity contribution in [1.82, 2.24) is 14.5 Å². The molecule has 2 heterocycles. The predicted octanol–water partition coefficient (Wildman–Crippen LogP) is 1.25. The Morgan fingerprint density at radius 3 is 3.06 bits per heavy atom. The van der Waals surface area contributed by atoms with Gasteiger partial charge in [0.2, 0.25) is 0 Å². The lowest BCUT2D eigenvalue weighted by Crippen LogP contribution is -2.40. The molecule has 1 aromatic rings. The number of aryl methyl sites for hydroxylation is 1. The molecule has 1 saturated heterocycles. The van der Waals surface area contributed by atoms with Crippen molar-refractivity contribution in [2.45, 2.75) is 38.3 Å². The third-order valence-electron chi connectivity index (χ3n) is 3.44. The molecule has 1 aliphatic rings. The van der Waals surface area contributed by atoms with Crippen LogP contribution in [0.1, 0.15) is 31.4 Å². The van der Waals surface area contributed by atoms with Gasteiger partial charge in [-0.05, 0) is 19.4 Å². The number of carboxylic acid groups (broad SMARTS) is 1. The fourth-order valence-corrected chi connectivity index (χ4v) is 2.45. The average molecular weight is 237 g/mol. The van der Waals surface area contributed by atoms with Crippen LogP contribution in [0.3, 0.4) is 0 Å². The van der Waals surface area contributed by atoms with Crippen LogP contribution in [0.25, 0.3) is 0 Å². The van der Waals surface area contributed by atoms with Gasteiger partial charge in [-0.1, -0.05) is 6.42 Å². The van der Waals surface area contributed by atoms with Crippen molar-refractivity contribution < 1.29 is 9.90 Å². The zero-order valence-electron chi connectivity index (χ0n) is 10.2. The van der Waals surface area contributed by atoms with Crippen LogP contribution in [0.5, 0.6) is 0 Å². The first-order chi connectivity index (χ1) is 8.16. The SMILES string of the molecule is Cn1cncc1CN1CCCCC1CC(=O)O. The second-order valence-corrected chi connectivity index (χ2v) is 4.71. The molecule has 0 aliphatic carbocycles. The van der Waals surface area contributed by atoms with E-state index in [1.807, 2.05) is 17.8 Å². The molecule has 0 aromatic carbocycles. The minimum Gasteiger partial charge on any atom is -0.481 e. The summed E-state index contributed by atoms with van der Waals surface area (Å²) in [5.41, 5.74) is 1.14. The maximum absolute atomic E-state index is 10.8. The number of hydrogen-bond donors (Lipinski definition) is 1. The molecular formula is C12H19N3O2. The smallest absolute Gasteiger partial charge is 0.304 e. The number of aromatic nitrogens is 2. The van der Waals surface area contributed by atoms with Crippen molar-refractivity contribution in [3.05, 3.63) is 18.2 Å². The second kappa shape index (κ2) is 5.31. The second-order valence-electron chi connectivity index (χ2n) is 4.71. The third kappa shape index (κ3) is 3.06. The van der Waals surface area contributed by atoms with E-state index in [4.69, 9.17) is 5.11 Å². The minimum atomic E-state index is -0.702. The number of hydrogen-bond acceptors (Lipinski definition) is 3. The number of piperidine rings is 1. The average Bonchev–Trinajstić information content (AvgIpc) is 2.67. The van der Waals surface area contributed by atoms with Crippen LogP contribution in [0.15, 0.2) is 12.5 Å². The van der Waals surface area contributed by atoms with Crippen LogP contribution in [-0.4, -0.2) is 38.1 Å². The standard InChI is InChI=1S/C12H19N3O2/c1-14-9-13-7-11(14)8-15-5-3-2-4-10(15)6-12(16)17/h7,9-10H,2-6,8H2,1H3,(H,16,17). The Hall–Kier alpha value is -1.36. The Morgan fingerprint density at radius 2 is 2.41 bits per heavy atom. The molecule has 1 atom stereocenters. The molecule has 94 valence electrons. The van der Waals surface area contributed by atoms with E-state index in [2.05, 4.69) is 9.88 Å². The van der Waals surface area contributed by atoms with E-state index in [-0.39, 0.29) is 12.5 Å². The lowest BCUT2D eigenvalue weighted by Gasteiger charge is -2.34. The number of rotatable bonds is 4. The van der Waals surface area contributed by atoms with E-state index < -0.39 is 5.97 Å². The molecule has 0 bridgehead atoms. The van der Waals surface area contributed by atoms with Crippen LogP contribution >= 0.6 is 0 Å². The fraction of sp³-hybridized carbons (Fsp3) is 0.667. The number of nitrogens with zero attached hydrogens (tertiary/aromatic N) is 3. The van der Waals surface area contributed by atoms with E-state index in [1.165, 1.54) is 0 Å². The van der Waals surface area contributed by atoms with Crippen molar-refractivity contribution in [1.29, 1.82) is 0 Å². The fourth-order valence-electron chi connectivity index (χ4n) is 2.45. The van der Waals surface area contributed by atoms with Gasteiger partial charge < -0.3 is 9.67 Å². The molecule has 1 fully saturated rings. The topological polar surface area (TPSA) is 58.4 Å². The molecule has 2 rings (SSSR count). The molecule has 17 heavy (non-hydrogen) atoms. The van der Waals surface area contributed by atoms with Gasteiger partial charge in [-0.25, -0.2) is 4.98 Å². The van der Waals surface area contributed by atoms with Crippen LogP contribution in [-0.2, 0) is 18.4 Å². The number of carbonyl (C=O) groups is 1. The van der Waals surface area contributed by atoms with Gasteiger partial charge in [-0.3, -0.25) is 9.69 Å². The molecule has 1 N–H and O–H groups in total. The van der Waals surface area contributed by atoms with Crippen LogP contribution < -0.4 is 0 Å². The summed E-state index contributed by atoms with van der Waals surface area (Å²) in [6, 6.07) is 0.177. The molecule has 5 heteroatoms. The highest BCUT2D eigenvalue weighted by Crippen LogP contribution is 2.21. The minimum absolute atomic E-state index is 0.177. The Morgan fingerprint density at radius 1 is 1.59 bits per heavy atom. The Bertz CT molecular complexity index is 389. The first-order valence-corrected chi connectivity index (χ1v) is 6.08. The highest BCUT2D eigenvalue weighted by Gasteiger charge is 2.25. The number of aliphatic carboxylic acids is 1. The Labute approximate surface area is 101 Å². The van der Waals surface area contributed by atoms with E-state index in [9.17, 15) is 4.79 Å². The van der Waals surface area contributed by atoms with E-state index >= 15 is 0 Å². The molecule has 0 radical (unpaired) electrons. The summed E-state index contributed by atoms with van der Waals surface area (Å²) in [6.07, 6.45) is 7.17. The van der Waals surface area contributed by atoms with Crippen LogP contribution in [0.4, 0.5) is 0 Å². The Kier molecular flexibility index (Phi) is 3.78. The van der Waals surface area contributed by atoms with Gasteiger partial charge in [0.1, 0.15) is 0 Å². The van der Waals surface area contributed by atoms with E-state index in [1.54, 1.807) is 6.33 Å². The maximum atomic E-state index is 10.8. The predicted molar refractivity (Wildman–Crippen MR) is 63.5 cm³/mol. The van der Waals surface area contributed by atoms with Crippen molar-refractivity contribution in [3.8, 4) is 0 Å². The third-order valence-corrected chi connectivity index (χ3v) is 3.44. The number of imidazole rings is 1. The molecule has 1 aromatic heterocycles.